The first kappa shape index (κ1) is 19.2. The fourth-order valence-corrected chi connectivity index (χ4v) is 3.33. The second kappa shape index (κ2) is 8.44. The Morgan fingerprint density at radius 1 is 1.19 bits per heavy atom. The van der Waals surface area contributed by atoms with Crippen molar-refractivity contribution in [3.63, 3.8) is 0 Å². The monoisotopic (exact) mass is 386 g/mol. The van der Waals surface area contributed by atoms with Crippen LogP contribution in [0.5, 0.6) is 0 Å². The van der Waals surface area contributed by atoms with Gasteiger partial charge in [0.2, 0.25) is 5.91 Å². The van der Waals surface area contributed by atoms with Gasteiger partial charge in [-0.05, 0) is 30.0 Å². The first-order chi connectivity index (χ1) is 12.9. The predicted molar refractivity (Wildman–Crippen MR) is 107 cm³/mol. The Morgan fingerprint density at radius 2 is 1.93 bits per heavy atom. The van der Waals surface area contributed by atoms with Gasteiger partial charge in [0.25, 0.3) is 0 Å². The van der Waals surface area contributed by atoms with Gasteiger partial charge >= 0.3 is 5.76 Å². The van der Waals surface area contributed by atoms with Gasteiger partial charge in [-0.2, -0.15) is 0 Å². The summed E-state index contributed by atoms with van der Waals surface area (Å²) in [5.41, 5.74) is 2.15. The van der Waals surface area contributed by atoms with Crippen molar-refractivity contribution < 1.29 is 9.21 Å². The van der Waals surface area contributed by atoms with Crippen LogP contribution < -0.4 is 11.1 Å². The van der Waals surface area contributed by atoms with E-state index in [1.165, 1.54) is 4.57 Å². The fourth-order valence-electron chi connectivity index (χ4n) is 3.17. The van der Waals surface area contributed by atoms with Gasteiger partial charge in [0.1, 0.15) is 0 Å². The molecule has 27 heavy (non-hydrogen) atoms. The molecular formula is C21H23ClN2O3. The van der Waals surface area contributed by atoms with Crippen LogP contribution in [0.4, 0.5) is 0 Å². The molecule has 0 spiro atoms. The van der Waals surface area contributed by atoms with Crippen molar-refractivity contribution in [2.45, 2.75) is 39.3 Å². The van der Waals surface area contributed by atoms with Crippen molar-refractivity contribution in [1.82, 2.24) is 9.88 Å². The third kappa shape index (κ3) is 4.80. The maximum absolute atomic E-state index is 12.5. The Balaban J connectivity index is 1.70. The lowest BCUT2D eigenvalue weighted by Crippen LogP contribution is -2.31. The molecule has 0 aliphatic rings. The van der Waals surface area contributed by atoms with Crippen LogP contribution in [-0.2, 0) is 11.3 Å². The number of aryl methyl sites for hydroxylation is 1. The topological polar surface area (TPSA) is 64.2 Å². The Morgan fingerprint density at radius 3 is 2.63 bits per heavy atom. The lowest BCUT2D eigenvalue weighted by Gasteiger charge is -2.21. The van der Waals surface area contributed by atoms with Crippen LogP contribution in [-0.4, -0.2) is 10.5 Å². The van der Waals surface area contributed by atoms with E-state index in [9.17, 15) is 9.59 Å². The number of fused-ring (bicyclic) bond motifs is 1. The van der Waals surface area contributed by atoms with E-state index in [1.807, 2.05) is 30.3 Å². The molecule has 1 amide bonds. The molecule has 0 fully saturated rings. The van der Waals surface area contributed by atoms with Gasteiger partial charge in [-0.15, -0.1) is 0 Å². The summed E-state index contributed by atoms with van der Waals surface area (Å²) in [6.45, 7) is 4.51. The van der Waals surface area contributed by atoms with Crippen LogP contribution in [0.1, 0.15) is 38.3 Å². The standard InChI is InChI=1S/C21H23ClN2O3/c1-14(2)12-17(15-6-4-3-5-7-15)23-20(25)10-11-24-18-9-8-16(22)13-19(18)27-21(24)26/h3-9,13-14,17H,10-12H2,1-2H3,(H,23,25). The molecule has 1 N–H and O–H groups in total. The number of hydrogen-bond acceptors (Lipinski definition) is 3. The van der Waals surface area contributed by atoms with E-state index in [-0.39, 0.29) is 24.9 Å². The average molecular weight is 387 g/mol. The molecule has 1 heterocycles. The van der Waals surface area contributed by atoms with Crippen LogP contribution in [0.3, 0.4) is 0 Å². The smallest absolute Gasteiger partial charge is 0.408 e. The van der Waals surface area contributed by atoms with Crippen LogP contribution in [0.2, 0.25) is 5.02 Å². The highest BCUT2D eigenvalue weighted by Crippen LogP contribution is 2.22. The summed E-state index contributed by atoms with van der Waals surface area (Å²) in [5, 5.41) is 3.60. The molecule has 1 atom stereocenters. The molecule has 5 nitrogen and oxygen atoms in total. The Kier molecular flexibility index (Phi) is 6.01. The number of carbonyl (C=O) groups is 1. The van der Waals surface area contributed by atoms with Gasteiger partial charge in [-0.25, -0.2) is 4.79 Å². The molecule has 142 valence electrons. The maximum atomic E-state index is 12.5. The van der Waals surface area contributed by atoms with Gasteiger partial charge in [0, 0.05) is 24.1 Å². The van der Waals surface area contributed by atoms with E-state index in [1.54, 1.807) is 18.2 Å². The van der Waals surface area contributed by atoms with E-state index in [0.29, 0.717) is 22.0 Å². The number of amides is 1. The van der Waals surface area contributed by atoms with Gasteiger partial charge in [0.15, 0.2) is 5.58 Å². The predicted octanol–water partition coefficient (Wildman–Crippen LogP) is 4.54. The van der Waals surface area contributed by atoms with E-state index < -0.39 is 5.76 Å². The highest BCUT2D eigenvalue weighted by atomic mass is 35.5. The van der Waals surface area contributed by atoms with Crippen LogP contribution in [0, 0.1) is 5.92 Å². The number of carbonyl (C=O) groups excluding carboxylic acids is 1. The second-order valence-electron chi connectivity index (χ2n) is 7.04. The molecule has 0 saturated carbocycles. The summed E-state index contributed by atoms with van der Waals surface area (Å²) >= 11 is 5.93. The number of hydrogen-bond donors (Lipinski definition) is 1. The molecule has 0 radical (unpaired) electrons. The number of benzene rings is 2. The fraction of sp³-hybridized carbons (Fsp3) is 0.333. The largest absolute Gasteiger partial charge is 0.419 e. The van der Waals surface area contributed by atoms with Crippen molar-refractivity contribution >= 4 is 28.6 Å². The summed E-state index contributed by atoms with van der Waals surface area (Å²) in [4.78, 5) is 24.6. The highest BCUT2D eigenvalue weighted by molar-refractivity contribution is 6.31. The lowest BCUT2D eigenvalue weighted by molar-refractivity contribution is -0.122. The normalized spacial score (nSPS) is 12.4. The summed E-state index contributed by atoms with van der Waals surface area (Å²) in [6, 6.07) is 14.9. The summed E-state index contributed by atoms with van der Waals surface area (Å²) in [6.07, 6.45) is 1.04. The van der Waals surface area contributed by atoms with Gasteiger partial charge in [0.05, 0.1) is 11.6 Å². The second-order valence-corrected chi connectivity index (χ2v) is 7.48. The molecule has 2 aromatic carbocycles. The minimum Gasteiger partial charge on any atom is -0.408 e. The Labute approximate surface area is 162 Å². The first-order valence-corrected chi connectivity index (χ1v) is 9.45. The van der Waals surface area contributed by atoms with Crippen molar-refractivity contribution in [3.05, 3.63) is 69.7 Å². The third-order valence-electron chi connectivity index (χ3n) is 4.44. The van der Waals surface area contributed by atoms with Crippen molar-refractivity contribution in [1.29, 1.82) is 0 Å². The average Bonchev–Trinajstić information content (AvgIpc) is 2.94. The van der Waals surface area contributed by atoms with Crippen LogP contribution in [0.25, 0.3) is 11.1 Å². The van der Waals surface area contributed by atoms with E-state index in [2.05, 4.69) is 19.2 Å². The van der Waals surface area contributed by atoms with E-state index >= 15 is 0 Å². The van der Waals surface area contributed by atoms with Gasteiger partial charge in [-0.1, -0.05) is 55.8 Å². The summed E-state index contributed by atoms with van der Waals surface area (Å²) in [5.74, 6) is -0.137. The molecule has 0 aliphatic heterocycles. The molecule has 3 rings (SSSR count). The lowest BCUT2D eigenvalue weighted by atomic mass is 9.97. The molecule has 6 heteroatoms. The first-order valence-electron chi connectivity index (χ1n) is 9.07. The minimum atomic E-state index is -0.484. The molecule has 3 aromatic rings. The zero-order valence-corrected chi connectivity index (χ0v) is 16.2. The molecule has 1 aromatic heterocycles. The van der Waals surface area contributed by atoms with E-state index in [0.717, 1.165) is 12.0 Å². The van der Waals surface area contributed by atoms with Crippen molar-refractivity contribution in [2.24, 2.45) is 5.92 Å². The zero-order valence-electron chi connectivity index (χ0n) is 15.4. The number of nitrogens with one attached hydrogen (secondary N) is 1. The highest BCUT2D eigenvalue weighted by Gasteiger charge is 2.17. The molecule has 0 aliphatic carbocycles. The maximum Gasteiger partial charge on any atom is 0.419 e. The van der Waals surface area contributed by atoms with Gasteiger partial charge < -0.3 is 9.73 Å². The molecule has 0 bridgehead atoms. The number of nitrogens with zero attached hydrogens (tertiary/aromatic N) is 1. The number of rotatable bonds is 7. The van der Waals surface area contributed by atoms with Crippen LogP contribution >= 0.6 is 11.6 Å². The minimum absolute atomic E-state index is 0.0460. The summed E-state index contributed by atoms with van der Waals surface area (Å²) < 4.78 is 6.67. The Bertz CT molecular complexity index is 976. The summed E-state index contributed by atoms with van der Waals surface area (Å²) in [7, 11) is 0. The van der Waals surface area contributed by atoms with E-state index in [4.69, 9.17) is 16.0 Å². The SMILES string of the molecule is CC(C)CC(NC(=O)CCn1c(=O)oc2cc(Cl)ccc21)c1ccccc1. The van der Waals surface area contributed by atoms with Crippen LogP contribution in [0.15, 0.2) is 57.7 Å². The number of oxazole rings is 1. The van der Waals surface area contributed by atoms with Crippen molar-refractivity contribution in [3.8, 4) is 0 Å². The molecule has 0 saturated heterocycles. The Hall–Kier alpha value is -2.53. The number of aromatic nitrogens is 1. The number of halogens is 1. The van der Waals surface area contributed by atoms with Gasteiger partial charge in [-0.3, -0.25) is 9.36 Å². The molecular weight excluding hydrogens is 364 g/mol. The van der Waals surface area contributed by atoms with Crippen molar-refractivity contribution in [2.75, 3.05) is 0 Å². The quantitative estimate of drug-likeness (QED) is 0.648. The molecule has 1 unspecified atom stereocenters. The zero-order chi connectivity index (χ0) is 19.4. The third-order valence-corrected chi connectivity index (χ3v) is 4.67.